The van der Waals surface area contributed by atoms with Gasteiger partial charge in [0.1, 0.15) is 5.58 Å². The van der Waals surface area contributed by atoms with Crippen molar-refractivity contribution in [2.45, 2.75) is 6.92 Å². The topological polar surface area (TPSA) is 52.1 Å². The zero-order chi connectivity index (χ0) is 15.1. The predicted molar refractivity (Wildman–Crippen MR) is 84.7 cm³/mol. The van der Waals surface area contributed by atoms with Gasteiger partial charge >= 0.3 is 0 Å². The normalized spacial score (nSPS) is 11.2. The summed E-state index contributed by atoms with van der Waals surface area (Å²) in [6.45, 7) is 1.77. The number of aryl methyl sites for hydroxylation is 1. The maximum atomic E-state index is 6.08. The second-order valence-electron chi connectivity index (χ2n) is 5.00. The van der Waals surface area contributed by atoms with Crippen LogP contribution in [0, 0.1) is 6.92 Å². The van der Waals surface area contributed by atoms with Crippen molar-refractivity contribution in [1.82, 2.24) is 10.2 Å². The first kappa shape index (κ1) is 13.1. The van der Waals surface area contributed by atoms with E-state index in [1.54, 1.807) is 13.2 Å². The maximum Gasteiger partial charge on any atom is 0.247 e. The molecule has 0 bridgehead atoms. The summed E-state index contributed by atoms with van der Waals surface area (Å²) in [5.41, 5.74) is 3.65. The molecule has 2 aromatic heterocycles. The largest absolute Gasteiger partial charge is 0.464 e. The van der Waals surface area contributed by atoms with E-state index in [-0.39, 0.29) is 0 Å². The molecule has 0 unspecified atom stereocenters. The molecular formula is C17H11ClN2O2. The molecule has 4 rings (SSSR count). The molecule has 4 aromatic rings. The fourth-order valence-corrected chi connectivity index (χ4v) is 2.65. The van der Waals surface area contributed by atoms with Crippen molar-refractivity contribution in [3.05, 3.63) is 59.6 Å². The van der Waals surface area contributed by atoms with E-state index in [1.807, 2.05) is 42.5 Å². The van der Waals surface area contributed by atoms with Crippen LogP contribution in [0.4, 0.5) is 0 Å². The Labute approximate surface area is 131 Å². The Morgan fingerprint density at radius 1 is 1.00 bits per heavy atom. The van der Waals surface area contributed by atoms with Crippen molar-refractivity contribution in [2.75, 3.05) is 0 Å². The Hall–Kier alpha value is -2.59. The summed E-state index contributed by atoms with van der Waals surface area (Å²) >= 11 is 6.08. The summed E-state index contributed by atoms with van der Waals surface area (Å²) < 4.78 is 11.1. The lowest BCUT2D eigenvalue weighted by Gasteiger charge is -2.00. The Morgan fingerprint density at radius 3 is 2.68 bits per heavy atom. The number of hydrogen-bond donors (Lipinski definition) is 0. The zero-order valence-corrected chi connectivity index (χ0v) is 12.5. The van der Waals surface area contributed by atoms with Crippen LogP contribution in [0.25, 0.3) is 33.6 Å². The molecule has 0 aliphatic rings. The smallest absolute Gasteiger partial charge is 0.247 e. The highest BCUT2D eigenvalue weighted by molar-refractivity contribution is 6.30. The highest BCUT2D eigenvalue weighted by Crippen LogP contribution is 2.34. The van der Waals surface area contributed by atoms with Crippen molar-refractivity contribution in [3.63, 3.8) is 0 Å². The van der Waals surface area contributed by atoms with Crippen LogP contribution in [-0.4, -0.2) is 10.2 Å². The standard InChI is InChI=1S/C17H11ClN2O2/c1-10-19-20-17(22-10)12-5-6-16-14(8-12)15(9-21-16)11-3-2-4-13(18)7-11/h2-9H,1H3. The summed E-state index contributed by atoms with van der Waals surface area (Å²) in [5.74, 6) is 1.04. The van der Waals surface area contributed by atoms with Crippen molar-refractivity contribution >= 4 is 22.6 Å². The molecule has 5 heteroatoms. The molecular weight excluding hydrogens is 300 g/mol. The molecule has 0 amide bonds. The first-order chi connectivity index (χ1) is 10.7. The molecule has 2 aromatic carbocycles. The quantitative estimate of drug-likeness (QED) is 0.516. The molecule has 0 aliphatic carbocycles. The molecule has 2 heterocycles. The van der Waals surface area contributed by atoms with Crippen LogP contribution in [0.5, 0.6) is 0 Å². The Morgan fingerprint density at radius 2 is 1.91 bits per heavy atom. The van der Waals surface area contributed by atoms with E-state index in [1.165, 1.54) is 0 Å². The lowest BCUT2D eigenvalue weighted by Crippen LogP contribution is -1.80. The van der Waals surface area contributed by atoms with E-state index in [0.29, 0.717) is 16.8 Å². The lowest BCUT2D eigenvalue weighted by molar-refractivity contribution is 0.533. The first-order valence-corrected chi connectivity index (χ1v) is 7.16. The van der Waals surface area contributed by atoms with Crippen LogP contribution in [0.1, 0.15) is 5.89 Å². The second-order valence-corrected chi connectivity index (χ2v) is 5.43. The minimum Gasteiger partial charge on any atom is -0.464 e. The minimum absolute atomic E-state index is 0.498. The maximum absolute atomic E-state index is 6.08. The Balaban J connectivity index is 1.90. The number of furan rings is 1. The molecule has 22 heavy (non-hydrogen) atoms. The number of nitrogens with zero attached hydrogens (tertiary/aromatic N) is 2. The van der Waals surface area contributed by atoms with Crippen LogP contribution in [0.15, 0.2) is 57.6 Å². The molecule has 108 valence electrons. The van der Waals surface area contributed by atoms with E-state index in [9.17, 15) is 0 Å². The molecule has 0 aliphatic heterocycles. The van der Waals surface area contributed by atoms with Gasteiger partial charge in [-0.25, -0.2) is 0 Å². The van der Waals surface area contributed by atoms with E-state index in [4.69, 9.17) is 20.4 Å². The van der Waals surface area contributed by atoms with E-state index >= 15 is 0 Å². The van der Waals surface area contributed by atoms with E-state index in [2.05, 4.69) is 10.2 Å². The van der Waals surface area contributed by atoms with Crippen molar-refractivity contribution in [3.8, 4) is 22.6 Å². The summed E-state index contributed by atoms with van der Waals surface area (Å²) in [6.07, 6.45) is 1.74. The minimum atomic E-state index is 0.498. The summed E-state index contributed by atoms with van der Waals surface area (Å²) in [7, 11) is 0. The number of fused-ring (bicyclic) bond motifs is 1. The number of halogens is 1. The summed E-state index contributed by atoms with van der Waals surface area (Å²) in [6, 6.07) is 13.5. The summed E-state index contributed by atoms with van der Waals surface area (Å²) in [4.78, 5) is 0. The van der Waals surface area contributed by atoms with Crippen LogP contribution < -0.4 is 0 Å². The highest BCUT2D eigenvalue weighted by atomic mass is 35.5. The van der Waals surface area contributed by atoms with Gasteiger partial charge < -0.3 is 8.83 Å². The third-order valence-corrected chi connectivity index (χ3v) is 3.72. The molecule has 0 spiro atoms. The zero-order valence-electron chi connectivity index (χ0n) is 11.7. The van der Waals surface area contributed by atoms with Gasteiger partial charge in [0, 0.05) is 28.5 Å². The third-order valence-electron chi connectivity index (χ3n) is 3.48. The van der Waals surface area contributed by atoms with Gasteiger partial charge in [0.2, 0.25) is 11.8 Å². The number of aromatic nitrogens is 2. The van der Waals surface area contributed by atoms with Crippen LogP contribution in [-0.2, 0) is 0 Å². The Kier molecular flexibility index (Phi) is 2.98. The van der Waals surface area contributed by atoms with Crippen LogP contribution in [0.3, 0.4) is 0 Å². The first-order valence-electron chi connectivity index (χ1n) is 6.78. The molecule has 0 atom stereocenters. The number of benzene rings is 2. The lowest BCUT2D eigenvalue weighted by atomic mass is 10.0. The van der Waals surface area contributed by atoms with Gasteiger partial charge in [-0.3, -0.25) is 0 Å². The Bertz CT molecular complexity index is 972. The van der Waals surface area contributed by atoms with Gasteiger partial charge in [-0.2, -0.15) is 0 Å². The fourth-order valence-electron chi connectivity index (χ4n) is 2.45. The molecule has 0 radical (unpaired) electrons. The SMILES string of the molecule is Cc1nnc(-c2ccc3occ(-c4cccc(Cl)c4)c3c2)o1. The molecule has 0 N–H and O–H groups in total. The number of rotatable bonds is 2. The van der Waals surface area contributed by atoms with Crippen molar-refractivity contribution < 1.29 is 8.83 Å². The second kappa shape index (κ2) is 5.00. The van der Waals surface area contributed by atoms with E-state index in [0.717, 1.165) is 27.7 Å². The average Bonchev–Trinajstić information content (AvgIpc) is 3.12. The van der Waals surface area contributed by atoms with Gasteiger partial charge in [-0.1, -0.05) is 23.7 Å². The van der Waals surface area contributed by atoms with Gasteiger partial charge in [0.15, 0.2) is 0 Å². The molecule has 0 fully saturated rings. The third kappa shape index (κ3) is 2.18. The van der Waals surface area contributed by atoms with Crippen molar-refractivity contribution in [1.29, 1.82) is 0 Å². The fraction of sp³-hybridized carbons (Fsp3) is 0.0588. The van der Waals surface area contributed by atoms with Gasteiger partial charge in [-0.15, -0.1) is 10.2 Å². The number of hydrogen-bond acceptors (Lipinski definition) is 4. The molecule has 4 nitrogen and oxygen atoms in total. The predicted octanol–water partition coefficient (Wildman–Crippen LogP) is 5.11. The van der Waals surface area contributed by atoms with Gasteiger partial charge in [0.25, 0.3) is 0 Å². The van der Waals surface area contributed by atoms with Gasteiger partial charge in [0.05, 0.1) is 6.26 Å². The van der Waals surface area contributed by atoms with Crippen molar-refractivity contribution in [2.24, 2.45) is 0 Å². The average molecular weight is 311 g/mol. The highest BCUT2D eigenvalue weighted by Gasteiger charge is 2.12. The molecule has 0 saturated heterocycles. The monoisotopic (exact) mass is 310 g/mol. The van der Waals surface area contributed by atoms with Crippen LogP contribution >= 0.6 is 11.6 Å². The van der Waals surface area contributed by atoms with Crippen LogP contribution in [0.2, 0.25) is 5.02 Å². The summed E-state index contributed by atoms with van der Waals surface area (Å²) in [5, 5.41) is 9.59. The van der Waals surface area contributed by atoms with E-state index < -0.39 is 0 Å². The molecule has 0 saturated carbocycles. The van der Waals surface area contributed by atoms with Gasteiger partial charge in [-0.05, 0) is 35.9 Å².